The summed E-state index contributed by atoms with van der Waals surface area (Å²) in [5, 5.41) is 15.4. The molecule has 0 spiro atoms. The number of aromatic nitrogens is 2. The molecular weight excluding hydrogens is 328 g/mol. The van der Waals surface area contributed by atoms with E-state index < -0.39 is 0 Å². The van der Waals surface area contributed by atoms with Crippen molar-refractivity contribution in [3.8, 4) is 0 Å². The second kappa shape index (κ2) is 5.09. The summed E-state index contributed by atoms with van der Waals surface area (Å²) in [4.78, 5) is 0. The molecule has 4 aliphatic rings. The Balaban J connectivity index is 1.54. The van der Waals surface area contributed by atoms with E-state index in [-0.39, 0.29) is 6.10 Å². The van der Waals surface area contributed by atoms with Crippen molar-refractivity contribution >= 4 is 15.9 Å². The molecule has 4 fully saturated rings. The van der Waals surface area contributed by atoms with E-state index in [2.05, 4.69) is 21.0 Å². The Morgan fingerprint density at radius 1 is 1.19 bits per heavy atom. The zero-order valence-electron chi connectivity index (χ0n) is 12.9. The second-order valence-corrected chi connectivity index (χ2v) is 8.54. The van der Waals surface area contributed by atoms with Crippen molar-refractivity contribution in [2.75, 3.05) is 0 Å². The minimum atomic E-state index is -0.203. The van der Waals surface area contributed by atoms with Crippen LogP contribution in [0.3, 0.4) is 0 Å². The number of halogens is 1. The molecule has 0 amide bonds. The number of hydrogen-bond donors (Lipinski definition) is 1. The molecule has 4 bridgehead atoms. The van der Waals surface area contributed by atoms with Gasteiger partial charge < -0.3 is 5.11 Å². The topological polar surface area (TPSA) is 38.0 Å². The molecule has 1 N–H and O–H groups in total. The van der Waals surface area contributed by atoms with Crippen LogP contribution in [-0.4, -0.2) is 21.0 Å². The van der Waals surface area contributed by atoms with Gasteiger partial charge in [0.05, 0.1) is 22.0 Å². The summed E-state index contributed by atoms with van der Waals surface area (Å²) in [7, 11) is 1.98. The molecule has 3 nitrogen and oxygen atoms in total. The predicted octanol–water partition coefficient (Wildman–Crippen LogP) is 3.47. The van der Waals surface area contributed by atoms with Crippen molar-refractivity contribution in [3.05, 3.63) is 15.9 Å². The van der Waals surface area contributed by atoms with E-state index in [4.69, 9.17) is 0 Å². The number of rotatable bonds is 3. The molecule has 0 saturated heterocycles. The summed E-state index contributed by atoms with van der Waals surface area (Å²) in [6, 6.07) is 0. The van der Waals surface area contributed by atoms with Crippen LogP contribution in [-0.2, 0) is 13.5 Å². The van der Waals surface area contributed by atoms with E-state index in [1.54, 1.807) is 0 Å². The molecule has 21 heavy (non-hydrogen) atoms. The number of aliphatic hydroxyl groups excluding tert-OH is 1. The zero-order chi connectivity index (χ0) is 14.7. The molecule has 0 aliphatic heterocycles. The van der Waals surface area contributed by atoms with Crippen LogP contribution < -0.4 is 0 Å². The van der Waals surface area contributed by atoms with E-state index in [1.165, 1.54) is 32.1 Å². The lowest BCUT2D eigenvalue weighted by molar-refractivity contribution is -0.0891. The Hall–Kier alpha value is -0.350. The van der Waals surface area contributed by atoms with Gasteiger partial charge in [-0.15, -0.1) is 0 Å². The second-order valence-electron chi connectivity index (χ2n) is 7.75. The molecule has 4 saturated carbocycles. The highest BCUT2D eigenvalue weighted by atomic mass is 79.9. The fourth-order valence-electron chi connectivity index (χ4n) is 5.83. The van der Waals surface area contributed by atoms with Crippen LogP contribution in [0.5, 0.6) is 0 Å². The van der Waals surface area contributed by atoms with Gasteiger partial charge in [-0.1, -0.05) is 0 Å². The maximum absolute atomic E-state index is 10.9. The highest BCUT2D eigenvalue weighted by molar-refractivity contribution is 9.10. The van der Waals surface area contributed by atoms with E-state index in [0.717, 1.165) is 46.0 Å². The van der Waals surface area contributed by atoms with Gasteiger partial charge in [-0.05, 0) is 84.5 Å². The standard InChI is InChI=1S/C17H25BrN2O/c1-9-17(18)14(20(2)19-9)8-15(21)16-12-4-10-3-11(6-12)7-13(16)5-10/h10-13,15-16,21H,3-8H2,1-2H3. The Morgan fingerprint density at radius 3 is 2.24 bits per heavy atom. The monoisotopic (exact) mass is 352 g/mol. The third-order valence-corrected chi connectivity index (χ3v) is 7.44. The average molecular weight is 353 g/mol. The fraction of sp³-hybridized carbons (Fsp3) is 0.824. The minimum absolute atomic E-state index is 0.203. The largest absolute Gasteiger partial charge is 0.392 e. The third kappa shape index (κ3) is 2.29. The van der Waals surface area contributed by atoms with Crippen LogP contribution >= 0.6 is 15.9 Å². The maximum atomic E-state index is 10.9. The lowest BCUT2D eigenvalue weighted by atomic mass is 9.50. The molecule has 1 heterocycles. The lowest BCUT2D eigenvalue weighted by Gasteiger charge is -2.55. The average Bonchev–Trinajstić information content (AvgIpc) is 2.64. The first-order valence-corrected chi connectivity index (χ1v) is 9.18. The molecule has 4 heteroatoms. The Bertz CT molecular complexity index is 525. The van der Waals surface area contributed by atoms with Crippen molar-refractivity contribution in [1.82, 2.24) is 9.78 Å². The van der Waals surface area contributed by atoms with Crippen molar-refractivity contribution in [2.45, 2.75) is 51.6 Å². The molecule has 0 aromatic carbocycles. The molecule has 4 aliphatic carbocycles. The Morgan fingerprint density at radius 2 is 1.76 bits per heavy atom. The lowest BCUT2D eigenvalue weighted by Crippen LogP contribution is -2.49. The summed E-state index contributed by atoms with van der Waals surface area (Å²) in [5.41, 5.74) is 2.17. The van der Waals surface area contributed by atoms with Gasteiger partial charge in [0.2, 0.25) is 0 Å². The van der Waals surface area contributed by atoms with Crippen molar-refractivity contribution in [3.63, 3.8) is 0 Å². The first-order chi connectivity index (χ1) is 10.0. The van der Waals surface area contributed by atoms with Crippen LogP contribution in [0.4, 0.5) is 0 Å². The van der Waals surface area contributed by atoms with E-state index >= 15 is 0 Å². The SMILES string of the molecule is Cc1nn(C)c(CC(O)C2C3CC4CC(C3)CC2C4)c1Br. The summed E-state index contributed by atoms with van der Waals surface area (Å²) in [6.07, 6.45) is 7.51. The normalized spacial score (nSPS) is 39.0. The fourth-order valence-corrected chi connectivity index (χ4v) is 6.33. The van der Waals surface area contributed by atoms with Gasteiger partial charge in [-0.3, -0.25) is 4.68 Å². The summed E-state index contributed by atoms with van der Waals surface area (Å²) >= 11 is 3.64. The van der Waals surface area contributed by atoms with Crippen LogP contribution in [0.25, 0.3) is 0 Å². The van der Waals surface area contributed by atoms with Crippen molar-refractivity contribution in [1.29, 1.82) is 0 Å². The van der Waals surface area contributed by atoms with Crippen LogP contribution in [0.15, 0.2) is 4.47 Å². The first kappa shape index (κ1) is 14.3. The van der Waals surface area contributed by atoms with Gasteiger partial charge >= 0.3 is 0 Å². The summed E-state index contributed by atoms with van der Waals surface area (Å²) in [6.45, 7) is 2.02. The van der Waals surface area contributed by atoms with Crippen molar-refractivity contribution in [2.24, 2.45) is 36.6 Å². The van der Waals surface area contributed by atoms with Gasteiger partial charge in [-0.2, -0.15) is 5.10 Å². The molecule has 1 unspecified atom stereocenters. The highest BCUT2D eigenvalue weighted by Crippen LogP contribution is 2.57. The van der Waals surface area contributed by atoms with E-state index in [1.807, 2.05) is 18.7 Å². The third-order valence-electron chi connectivity index (χ3n) is 6.41. The molecule has 1 atom stereocenters. The number of hydrogen-bond acceptors (Lipinski definition) is 2. The van der Waals surface area contributed by atoms with Crippen LogP contribution in [0.2, 0.25) is 0 Å². The van der Waals surface area contributed by atoms with Gasteiger partial charge in [0.15, 0.2) is 0 Å². The highest BCUT2D eigenvalue weighted by Gasteiger charge is 2.50. The maximum Gasteiger partial charge on any atom is 0.0738 e. The van der Waals surface area contributed by atoms with Crippen molar-refractivity contribution < 1.29 is 5.11 Å². The number of aryl methyl sites for hydroxylation is 2. The quantitative estimate of drug-likeness (QED) is 0.904. The summed E-state index contributed by atoms with van der Waals surface area (Å²) in [5.74, 6) is 4.04. The molecular formula is C17H25BrN2O. The Kier molecular flexibility index (Phi) is 3.45. The van der Waals surface area contributed by atoms with Crippen LogP contribution in [0.1, 0.15) is 43.5 Å². The molecule has 0 radical (unpaired) electrons. The molecule has 1 aromatic heterocycles. The number of nitrogens with zero attached hydrogens (tertiary/aromatic N) is 2. The minimum Gasteiger partial charge on any atom is -0.392 e. The molecule has 5 rings (SSSR count). The molecule has 116 valence electrons. The first-order valence-electron chi connectivity index (χ1n) is 8.39. The smallest absolute Gasteiger partial charge is 0.0738 e. The Labute approximate surface area is 135 Å². The van der Waals surface area contributed by atoms with E-state index in [9.17, 15) is 5.11 Å². The predicted molar refractivity (Wildman–Crippen MR) is 85.9 cm³/mol. The molecule has 1 aromatic rings. The summed E-state index contributed by atoms with van der Waals surface area (Å²) < 4.78 is 3.01. The zero-order valence-corrected chi connectivity index (χ0v) is 14.5. The van der Waals surface area contributed by atoms with Crippen LogP contribution in [0, 0.1) is 36.5 Å². The van der Waals surface area contributed by atoms with Gasteiger partial charge in [0.25, 0.3) is 0 Å². The van der Waals surface area contributed by atoms with Gasteiger partial charge in [-0.25, -0.2) is 0 Å². The van der Waals surface area contributed by atoms with Gasteiger partial charge in [0.1, 0.15) is 0 Å². The van der Waals surface area contributed by atoms with Gasteiger partial charge in [0, 0.05) is 13.5 Å². The van der Waals surface area contributed by atoms with E-state index in [0.29, 0.717) is 5.92 Å². The number of aliphatic hydroxyl groups is 1.